The van der Waals surface area contributed by atoms with E-state index in [9.17, 15) is 9.18 Å². The van der Waals surface area contributed by atoms with Crippen LogP contribution in [0, 0.1) is 5.82 Å². The summed E-state index contributed by atoms with van der Waals surface area (Å²) in [5.41, 5.74) is 1.18. The van der Waals surface area contributed by atoms with Crippen LogP contribution in [-0.2, 0) is 6.42 Å². The van der Waals surface area contributed by atoms with Crippen molar-refractivity contribution in [3.63, 3.8) is 0 Å². The number of hydrogen-bond donors (Lipinski definition) is 2. The second-order valence-electron chi connectivity index (χ2n) is 4.44. The number of nitrogens with one attached hydrogen (secondary N) is 2. The maximum Gasteiger partial charge on any atom is 0.253 e. The monoisotopic (exact) mass is 307 g/mol. The van der Waals surface area contributed by atoms with Crippen molar-refractivity contribution in [3.05, 3.63) is 58.5 Å². The van der Waals surface area contributed by atoms with Gasteiger partial charge < -0.3 is 10.6 Å². The molecule has 110 valence electrons. The summed E-state index contributed by atoms with van der Waals surface area (Å²) in [6.07, 6.45) is 1.97. The maximum absolute atomic E-state index is 13.0. The van der Waals surface area contributed by atoms with Gasteiger partial charge >= 0.3 is 0 Å². The van der Waals surface area contributed by atoms with Gasteiger partial charge in [0.05, 0.1) is 10.6 Å². The lowest BCUT2D eigenvalue weighted by atomic mass is 10.1. The number of aromatic nitrogens is 1. The molecule has 1 aromatic heterocycles. The van der Waals surface area contributed by atoms with E-state index in [1.165, 1.54) is 18.3 Å². The molecule has 0 aliphatic heterocycles. The zero-order valence-corrected chi connectivity index (χ0v) is 12.2. The first-order chi connectivity index (χ1) is 10.1. The fourth-order valence-electron chi connectivity index (χ4n) is 1.86. The summed E-state index contributed by atoms with van der Waals surface area (Å²) < 4.78 is 13.0. The summed E-state index contributed by atoms with van der Waals surface area (Å²) in [5.74, 6) is -0.000324. The van der Waals surface area contributed by atoms with Crippen molar-refractivity contribution in [3.8, 4) is 0 Å². The van der Waals surface area contributed by atoms with E-state index >= 15 is 0 Å². The molecule has 4 nitrogen and oxygen atoms in total. The van der Waals surface area contributed by atoms with Crippen LogP contribution >= 0.6 is 11.6 Å². The molecular formula is C15H15ClFN3O. The minimum absolute atomic E-state index is 0.282. The first-order valence-corrected chi connectivity index (χ1v) is 6.84. The van der Waals surface area contributed by atoms with Crippen LogP contribution in [0.2, 0.25) is 5.02 Å². The summed E-state index contributed by atoms with van der Waals surface area (Å²) in [7, 11) is 1.71. The third-order valence-corrected chi connectivity index (χ3v) is 3.25. The van der Waals surface area contributed by atoms with Crippen molar-refractivity contribution in [2.45, 2.75) is 6.42 Å². The van der Waals surface area contributed by atoms with Gasteiger partial charge in [-0.05, 0) is 30.2 Å². The highest BCUT2D eigenvalue weighted by atomic mass is 35.5. The Balaban J connectivity index is 1.96. The number of amides is 1. The third-order valence-electron chi connectivity index (χ3n) is 2.94. The molecule has 0 aliphatic carbocycles. The highest BCUT2D eigenvalue weighted by molar-refractivity contribution is 6.33. The highest BCUT2D eigenvalue weighted by Gasteiger charge is 2.11. The first-order valence-electron chi connectivity index (χ1n) is 6.46. The number of halogens is 2. The van der Waals surface area contributed by atoms with Gasteiger partial charge in [0.15, 0.2) is 0 Å². The van der Waals surface area contributed by atoms with Gasteiger partial charge in [0.1, 0.15) is 11.6 Å². The van der Waals surface area contributed by atoms with Gasteiger partial charge in [0.25, 0.3) is 5.91 Å². The molecule has 2 rings (SSSR count). The van der Waals surface area contributed by atoms with Gasteiger partial charge in [-0.1, -0.05) is 23.7 Å². The Morgan fingerprint density at radius 1 is 1.38 bits per heavy atom. The van der Waals surface area contributed by atoms with Gasteiger partial charge in [0, 0.05) is 19.8 Å². The Morgan fingerprint density at radius 2 is 2.19 bits per heavy atom. The van der Waals surface area contributed by atoms with Gasteiger partial charge in [-0.25, -0.2) is 9.37 Å². The van der Waals surface area contributed by atoms with Crippen molar-refractivity contribution in [1.29, 1.82) is 0 Å². The first kappa shape index (κ1) is 15.3. The molecule has 1 heterocycles. The number of carbonyl (C=O) groups excluding carboxylic acids is 1. The second-order valence-corrected chi connectivity index (χ2v) is 4.84. The standard InChI is InChI=1S/C15H15ClFN3O/c1-18-14-8-12(13(16)9-20-14)15(21)19-6-5-10-3-2-4-11(17)7-10/h2-4,7-9H,5-6H2,1H3,(H,18,20)(H,19,21). The maximum atomic E-state index is 13.0. The quantitative estimate of drug-likeness (QED) is 0.893. The summed E-state index contributed by atoms with van der Waals surface area (Å²) in [6, 6.07) is 7.88. The number of hydrogen-bond acceptors (Lipinski definition) is 3. The molecule has 6 heteroatoms. The van der Waals surface area contributed by atoms with Gasteiger partial charge in [-0.2, -0.15) is 0 Å². The van der Waals surface area contributed by atoms with Gasteiger partial charge in [-0.3, -0.25) is 4.79 Å². The minimum Gasteiger partial charge on any atom is -0.373 e. The lowest BCUT2D eigenvalue weighted by molar-refractivity contribution is 0.0954. The van der Waals surface area contributed by atoms with Crippen LogP contribution in [0.3, 0.4) is 0 Å². The summed E-state index contributed by atoms with van der Waals surface area (Å²) in [6.45, 7) is 0.399. The van der Waals surface area contributed by atoms with E-state index in [0.29, 0.717) is 24.3 Å². The SMILES string of the molecule is CNc1cc(C(=O)NCCc2cccc(F)c2)c(Cl)cn1. The molecular weight excluding hydrogens is 293 g/mol. The molecule has 1 amide bonds. The van der Waals surface area contributed by atoms with Crippen LogP contribution in [-0.4, -0.2) is 24.5 Å². The Labute approximate surface area is 127 Å². The third kappa shape index (κ3) is 4.16. The highest BCUT2D eigenvalue weighted by Crippen LogP contribution is 2.17. The summed E-state index contributed by atoms with van der Waals surface area (Å²) >= 11 is 5.96. The van der Waals surface area contributed by atoms with Crippen LogP contribution in [0.1, 0.15) is 15.9 Å². The van der Waals surface area contributed by atoms with Crippen LogP contribution in [0.4, 0.5) is 10.2 Å². The number of benzene rings is 1. The molecule has 0 saturated heterocycles. The van der Waals surface area contributed by atoms with Crippen molar-refractivity contribution < 1.29 is 9.18 Å². The molecule has 0 unspecified atom stereocenters. The van der Waals surface area contributed by atoms with E-state index < -0.39 is 0 Å². The predicted molar refractivity (Wildman–Crippen MR) is 81.2 cm³/mol. The summed E-state index contributed by atoms with van der Waals surface area (Å²) in [4.78, 5) is 16.1. The van der Waals surface area contributed by atoms with E-state index in [4.69, 9.17) is 11.6 Å². The molecule has 0 fully saturated rings. The van der Waals surface area contributed by atoms with E-state index in [2.05, 4.69) is 15.6 Å². The Morgan fingerprint density at radius 3 is 2.90 bits per heavy atom. The average molecular weight is 308 g/mol. The molecule has 0 saturated carbocycles. The molecule has 0 atom stereocenters. The molecule has 0 spiro atoms. The molecule has 2 aromatic rings. The summed E-state index contributed by atoms with van der Waals surface area (Å²) in [5, 5.41) is 5.89. The Kier molecular flexibility index (Phi) is 5.11. The van der Waals surface area contributed by atoms with Crippen molar-refractivity contribution in [2.75, 3.05) is 18.9 Å². The molecule has 1 aromatic carbocycles. The van der Waals surface area contributed by atoms with Crippen molar-refractivity contribution in [2.24, 2.45) is 0 Å². The predicted octanol–water partition coefficient (Wildman–Crippen LogP) is 2.89. The Bertz CT molecular complexity index is 649. The zero-order valence-electron chi connectivity index (χ0n) is 11.5. The fraction of sp³-hybridized carbons (Fsp3) is 0.200. The number of anilines is 1. The molecule has 0 bridgehead atoms. The second kappa shape index (κ2) is 7.04. The van der Waals surface area contributed by atoms with E-state index in [-0.39, 0.29) is 16.7 Å². The molecule has 2 N–H and O–H groups in total. The van der Waals surface area contributed by atoms with Crippen LogP contribution < -0.4 is 10.6 Å². The number of rotatable bonds is 5. The van der Waals surface area contributed by atoms with Crippen molar-refractivity contribution in [1.82, 2.24) is 10.3 Å². The average Bonchev–Trinajstić information content (AvgIpc) is 2.47. The zero-order chi connectivity index (χ0) is 15.2. The molecule has 0 radical (unpaired) electrons. The van der Waals surface area contributed by atoms with E-state index in [0.717, 1.165) is 5.56 Å². The van der Waals surface area contributed by atoms with Crippen LogP contribution in [0.15, 0.2) is 36.5 Å². The fourth-order valence-corrected chi connectivity index (χ4v) is 2.05. The van der Waals surface area contributed by atoms with Gasteiger partial charge in [-0.15, -0.1) is 0 Å². The van der Waals surface area contributed by atoms with E-state index in [1.807, 2.05) is 6.07 Å². The molecule has 21 heavy (non-hydrogen) atoms. The molecule has 0 aliphatic rings. The smallest absolute Gasteiger partial charge is 0.253 e. The Hall–Kier alpha value is -2.14. The lowest BCUT2D eigenvalue weighted by Crippen LogP contribution is -2.26. The number of nitrogens with zero attached hydrogens (tertiary/aromatic N) is 1. The largest absolute Gasteiger partial charge is 0.373 e. The van der Waals surface area contributed by atoms with Crippen LogP contribution in [0.25, 0.3) is 0 Å². The van der Waals surface area contributed by atoms with Crippen molar-refractivity contribution >= 4 is 23.3 Å². The van der Waals surface area contributed by atoms with Gasteiger partial charge in [0.2, 0.25) is 0 Å². The topological polar surface area (TPSA) is 54.0 Å². The van der Waals surface area contributed by atoms with Crippen LogP contribution in [0.5, 0.6) is 0 Å². The normalized spacial score (nSPS) is 10.2. The number of carbonyl (C=O) groups is 1. The van der Waals surface area contributed by atoms with E-state index in [1.54, 1.807) is 19.2 Å². The lowest BCUT2D eigenvalue weighted by Gasteiger charge is -2.08. The number of pyridine rings is 1. The minimum atomic E-state index is -0.283.